The highest BCUT2D eigenvalue weighted by atomic mass is 32.2. The topological polar surface area (TPSA) is 100 Å². The summed E-state index contributed by atoms with van der Waals surface area (Å²) < 4.78 is 15.9. The number of methoxy groups -OCH3 is 1. The van der Waals surface area contributed by atoms with E-state index in [1.165, 1.54) is 11.8 Å². The van der Waals surface area contributed by atoms with Crippen LogP contribution in [0.1, 0.15) is 5.89 Å². The van der Waals surface area contributed by atoms with Crippen molar-refractivity contribution in [1.29, 1.82) is 0 Å². The molecule has 0 N–H and O–H groups in total. The van der Waals surface area contributed by atoms with Crippen LogP contribution >= 0.6 is 11.8 Å². The number of hydrogen-bond donors (Lipinski definition) is 0. The van der Waals surface area contributed by atoms with Crippen LogP contribution in [0.4, 0.5) is 0 Å². The van der Waals surface area contributed by atoms with Crippen molar-refractivity contribution in [3.05, 3.63) is 60.6 Å². The van der Waals surface area contributed by atoms with E-state index in [0.29, 0.717) is 10.9 Å². The summed E-state index contributed by atoms with van der Waals surface area (Å²) in [5.41, 5.74) is 2.34. The molecule has 8 nitrogen and oxygen atoms in total. The number of fused-ring (bicyclic) bond motifs is 1. The molecule has 0 aliphatic heterocycles. The van der Waals surface area contributed by atoms with Crippen molar-refractivity contribution < 1.29 is 18.7 Å². The lowest BCUT2D eigenvalue weighted by atomic mass is 10.2. The quantitative estimate of drug-likeness (QED) is 0.336. The van der Waals surface area contributed by atoms with Crippen LogP contribution in [-0.2, 0) is 16.1 Å². The van der Waals surface area contributed by atoms with Gasteiger partial charge in [0, 0.05) is 5.56 Å². The van der Waals surface area contributed by atoms with E-state index in [1.54, 1.807) is 25.4 Å². The predicted molar refractivity (Wildman–Crippen MR) is 106 cm³/mol. The number of benzene rings is 2. The van der Waals surface area contributed by atoms with Crippen molar-refractivity contribution in [3.63, 3.8) is 0 Å². The van der Waals surface area contributed by atoms with Crippen LogP contribution in [-0.4, -0.2) is 39.0 Å². The maximum absolute atomic E-state index is 12.0. The average Bonchev–Trinajstić information content (AvgIpc) is 3.25. The molecule has 0 unspecified atom stereocenters. The molecule has 0 bridgehead atoms. The minimum absolute atomic E-state index is 0.0913. The van der Waals surface area contributed by atoms with Gasteiger partial charge in [-0.15, -0.1) is 10.2 Å². The summed E-state index contributed by atoms with van der Waals surface area (Å²) in [5, 5.41) is 8.53. The molecule has 0 atom stereocenters. The van der Waals surface area contributed by atoms with Crippen molar-refractivity contribution in [2.24, 2.45) is 0 Å². The molecule has 0 spiro atoms. The first-order valence-electron chi connectivity index (χ1n) is 8.68. The van der Waals surface area contributed by atoms with E-state index in [-0.39, 0.29) is 18.3 Å². The molecule has 0 saturated heterocycles. The zero-order valence-electron chi connectivity index (χ0n) is 15.4. The summed E-state index contributed by atoms with van der Waals surface area (Å²) in [5.74, 6) is 0.997. The Labute approximate surface area is 170 Å². The van der Waals surface area contributed by atoms with Gasteiger partial charge in [-0.2, -0.15) is 0 Å². The minimum Gasteiger partial charge on any atom is -0.497 e. The number of aromatic nitrogens is 4. The fourth-order valence-electron chi connectivity index (χ4n) is 2.49. The highest BCUT2D eigenvalue weighted by molar-refractivity contribution is 7.99. The van der Waals surface area contributed by atoms with Gasteiger partial charge in [-0.3, -0.25) is 9.78 Å². The molecule has 29 heavy (non-hydrogen) atoms. The van der Waals surface area contributed by atoms with E-state index in [1.807, 2.05) is 36.4 Å². The molecular weight excluding hydrogens is 392 g/mol. The summed E-state index contributed by atoms with van der Waals surface area (Å²) in [7, 11) is 1.60. The summed E-state index contributed by atoms with van der Waals surface area (Å²) in [6, 6.07) is 14.8. The van der Waals surface area contributed by atoms with Crippen LogP contribution in [0.2, 0.25) is 0 Å². The SMILES string of the molecule is COc1ccc(-c2nnc(COC(=O)CSc3cnc4ccccc4n3)o2)cc1. The van der Waals surface area contributed by atoms with Crippen molar-refractivity contribution in [2.45, 2.75) is 11.6 Å². The van der Waals surface area contributed by atoms with Gasteiger partial charge in [-0.1, -0.05) is 23.9 Å². The van der Waals surface area contributed by atoms with E-state index >= 15 is 0 Å². The molecule has 2 aromatic carbocycles. The first kappa shape index (κ1) is 18.9. The van der Waals surface area contributed by atoms with Gasteiger partial charge in [0.15, 0.2) is 6.61 Å². The first-order chi connectivity index (χ1) is 14.2. The highest BCUT2D eigenvalue weighted by Gasteiger charge is 2.12. The van der Waals surface area contributed by atoms with Gasteiger partial charge in [0.05, 0.1) is 30.1 Å². The zero-order valence-corrected chi connectivity index (χ0v) is 16.3. The third-order valence-electron chi connectivity index (χ3n) is 3.92. The molecule has 0 radical (unpaired) electrons. The number of carbonyl (C=O) groups is 1. The number of carbonyl (C=O) groups excluding carboxylic acids is 1. The number of para-hydroxylation sites is 2. The monoisotopic (exact) mass is 408 g/mol. The number of hydrogen-bond acceptors (Lipinski definition) is 9. The standard InChI is InChI=1S/C20H16N4O4S/c1-26-14-8-6-13(7-9-14)20-24-23-17(28-20)11-27-19(25)12-29-18-10-21-15-4-2-3-5-16(15)22-18/h2-10H,11-12H2,1H3. The predicted octanol–water partition coefficient (Wildman–Crippen LogP) is 3.52. The number of ether oxygens (including phenoxy) is 2. The molecule has 4 rings (SSSR count). The van der Waals surface area contributed by atoms with Crippen LogP contribution in [0.25, 0.3) is 22.5 Å². The molecular formula is C20H16N4O4S. The summed E-state index contributed by atoms with van der Waals surface area (Å²) in [6.45, 7) is -0.0913. The molecule has 2 heterocycles. The molecule has 4 aromatic rings. The number of nitrogens with zero attached hydrogens (tertiary/aromatic N) is 4. The Morgan fingerprint density at radius 1 is 1.07 bits per heavy atom. The zero-order chi connectivity index (χ0) is 20.1. The van der Waals surface area contributed by atoms with Gasteiger partial charge < -0.3 is 13.9 Å². The molecule has 0 fully saturated rings. The maximum Gasteiger partial charge on any atom is 0.316 e. The van der Waals surface area contributed by atoms with Gasteiger partial charge in [-0.05, 0) is 36.4 Å². The van der Waals surface area contributed by atoms with E-state index in [0.717, 1.165) is 22.3 Å². The summed E-state index contributed by atoms with van der Waals surface area (Å²) in [6.07, 6.45) is 1.64. The maximum atomic E-state index is 12.0. The number of esters is 1. The van der Waals surface area contributed by atoms with Crippen LogP contribution in [0, 0.1) is 0 Å². The van der Waals surface area contributed by atoms with E-state index in [9.17, 15) is 4.79 Å². The minimum atomic E-state index is -0.408. The second-order valence-electron chi connectivity index (χ2n) is 5.88. The Morgan fingerprint density at radius 2 is 1.86 bits per heavy atom. The Bertz CT molecular complexity index is 1130. The number of rotatable bonds is 7. The third-order valence-corrected chi connectivity index (χ3v) is 4.80. The number of thioether (sulfide) groups is 1. The Kier molecular flexibility index (Phi) is 5.66. The van der Waals surface area contributed by atoms with Crippen LogP contribution in [0.3, 0.4) is 0 Å². The molecule has 0 aliphatic carbocycles. The van der Waals surface area contributed by atoms with Gasteiger partial charge >= 0.3 is 5.97 Å². The molecule has 0 saturated carbocycles. The van der Waals surface area contributed by atoms with Crippen LogP contribution in [0.15, 0.2) is 64.2 Å². The Balaban J connectivity index is 1.29. The normalized spacial score (nSPS) is 10.8. The first-order valence-corrected chi connectivity index (χ1v) is 9.67. The van der Waals surface area contributed by atoms with E-state index in [4.69, 9.17) is 13.9 Å². The molecule has 2 aromatic heterocycles. The Hall–Kier alpha value is -3.46. The van der Waals surface area contributed by atoms with Crippen LogP contribution in [0.5, 0.6) is 5.75 Å². The Morgan fingerprint density at radius 3 is 2.66 bits per heavy atom. The second-order valence-corrected chi connectivity index (χ2v) is 6.87. The van der Waals surface area contributed by atoms with Crippen LogP contribution < -0.4 is 4.74 Å². The lowest BCUT2D eigenvalue weighted by Gasteiger charge is -2.03. The van der Waals surface area contributed by atoms with Crippen molar-refractivity contribution in [2.75, 3.05) is 12.9 Å². The largest absolute Gasteiger partial charge is 0.497 e. The summed E-state index contributed by atoms with van der Waals surface area (Å²) in [4.78, 5) is 20.8. The fraction of sp³-hybridized carbons (Fsp3) is 0.150. The highest BCUT2D eigenvalue weighted by Crippen LogP contribution is 2.22. The van der Waals surface area contributed by atoms with Crippen molar-refractivity contribution in [1.82, 2.24) is 20.2 Å². The molecule has 0 aliphatic rings. The van der Waals surface area contributed by atoms with E-state index in [2.05, 4.69) is 20.2 Å². The van der Waals surface area contributed by atoms with Crippen molar-refractivity contribution in [3.8, 4) is 17.2 Å². The molecule has 0 amide bonds. The summed E-state index contributed by atoms with van der Waals surface area (Å²) >= 11 is 1.26. The lowest BCUT2D eigenvalue weighted by molar-refractivity contribution is -0.142. The smallest absolute Gasteiger partial charge is 0.316 e. The molecule has 146 valence electrons. The van der Waals surface area contributed by atoms with Gasteiger partial charge in [0.25, 0.3) is 5.89 Å². The fourth-order valence-corrected chi connectivity index (χ4v) is 3.13. The van der Waals surface area contributed by atoms with E-state index < -0.39 is 5.97 Å². The van der Waals surface area contributed by atoms with Crippen molar-refractivity contribution >= 4 is 28.8 Å². The third kappa shape index (κ3) is 4.69. The lowest BCUT2D eigenvalue weighted by Crippen LogP contribution is -2.07. The van der Waals surface area contributed by atoms with Gasteiger partial charge in [-0.25, -0.2) is 4.98 Å². The van der Waals surface area contributed by atoms with Gasteiger partial charge in [0.1, 0.15) is 10.8 Å². The average molecular weight is 408 g/mol. The second kappa shape index (κ2) is 8.70. The van der Waals surface area contributed by atoms with Gasteiger partial charge in [0.2, 0.25) is 5.89 Å². The molecule has 9 heteroatoms.